The number of esters is 1. The molecule has 0 radical (unpaired) electrons. The topological polar surface area (TPSA) is 65.1 Å². The summed E-state index contributed by atoms with van der Waals surface area (Å²) in [6.45, 7) is 17.8. The molecule has 1 aliphatic heterocycles. The fourth-order valence-electron chi connectivity index (χ4n) is 3.52. The van der Waals surface area contributed by atoms with Crippen LogP contribution in [0.15, 0.2) is 35.4 Å². The van der Waals surface area contributed by atoms with Crippen molar-refractivity contribution in [2.45, 2.75) is 85.4 Å². The van der Waals surface area contributed by atoms with Crippen molar-refractivity contribution in [2.75, 3.05) is 19.7 Å². The first-order valence-electron chi connectivity index (χ1n) is 11.8. The Morgan fingerprint density at radius 1 is 1.00 bits per heavy atom. The quantitative estimate of drug-likeness (QED) is 0.197. The molecule has 1 aliphatic carbocycles. The second-order valence-corrected chi connectivity index (χ2v) is 11.0. The summed E-state index contributed by atoms with van der Waals surface area (Å²) in [4.78, 5) is 26.5. The molecule has 1 heterocycles. The van der Waals surface area contributed by atoms with E-state index in [1.165, 1.54) is 13.0 Å². The van der Waals surface area contributed by atoms with Crippen molar-refractivity contribution in [3.05, 3.63) is 35.4 Å². The molecule has 186 valence electrons. The number of nitrogens with zero attached hydrogens (tertiary/aromatic N) is 1. The Morgan fingerprint density at radius 2 is 1.55 bits per heavy atom. The molecular formula is C26H40FNO5. The molecule has 1 saturated heterocycles. The van der Waals surface area contributed by atoms with Gasteiger partial charge in [0.15, 0.2) is 0 Å². The van der Waals surface area contributed by atoms with Crippen molar-refractivity contribution in [3.63, 3.8) is 0 Å². The molecule has 1 amide bonds. The van der Waals surface area contributed by atoms with Crippen molar-refractivity contribution in [1.29, 1.82) is 0 Å². The number of carbonyl (C=O) groups is 2. The second kappa shape index (κ2) is 10.7. The molecule has 33 heavy (non-hydrogen) atoms. The van der Waals surface area contributed by atoms with Gasteiger partial charge >= 0.3 is 12.1 Å². The summed E-state index contributed by atoms with van der Waals surface area (Å²) < 4.78 is 31.0. The number of piperidine rings is 1. The molecule has 0 aromatic carbocycles. The Balaban J connectivity index is 1.95. The summed E-state index contributed by atoms with van der Waals surface area (Å²) >= 11 is 0. The third-order valence-electron chi connectivity index (χ3n) is 5.39. The fourth-order valence-corrected chi connectivity index (χ4v) is 3.52. The van der Waals surface area contributed by atoms with E-state index in [-0.39, 0.29) is 23.5 Å². The number of ether oxygens (including phenoxy) is 3. The maximum Gasteiger partial charge on any atom is 0.410 e. The predicted molar refractivity (Wildman–Crippen MR) is 126 cm³/mol. The van der Waals surface area contributed by atoms with Gasteiger partial charge in [-0.1, -0.05) is 6.58 Å². The molecule has 0 spiro atoms. The van der Waals surface area contributed by atoms with Crippen LogP contribution in [0.4, 0.5) is 9.18 Å². The third-order valence-corrected chi connectivity index (χ3v) is 5.39. The van der Waals surface area contributed by atoms with Crippen LogP contribution in [0.25, 0.3) is 0 Å². The van der Waals surface area contributed by atoms with Crippen LogP contribution in [0.1, 0.15) is 74.1 Å². The highest BCUT2D eigenvalue weighted by atomic mass is 19.1. The van der Waals surface area contributed by atoms with Gasteiger partial charge in [-0.05, 0) is 97.6 Å². The highest BCUT2D eigenvalue weighted by Gasteiger charge is 2.32. The zero-order chi connectivity index (χ0) is 25.0. The van der Waals surface area contributed by atoms with Crippen LogP contribution in [0.3, 0.4) is 0 Å². The van der Waals surface area contributed by atoms with Gasteiger partial charge < -0.3 is 19.1 Å². The number of likely N-dealkylation sites (tertiary alicyclic amines) is 1. The van der Waals surface area contributed by atoms with Gasteiger partial charge in [0.1, 0.15) is 22.8 Å². The Bertz CT molecular complexity index is 800. The van der Waals surface area contributed by atoms with E-state index in [2.05, 4.69) is 6.58 Å². The molecule has 0 aromatic heterocycles. The van der Waals surface area contributed by atoms with Crippen LogP contribution in [0.5, 0.6) is 0 Å². The van der Waals surface area contributed by atoms with E-state index in [1.54, 1.807) is 25.7 Å². The predicted octanol–water partition coefficient (Wildman–Crippen LogP) is 6.09. The summed E-state index contributed by atoms with van der Waals surface area (Å²) in [5.41, 5.74) is -0.570. The molecule has 0 bridgehead atoms. The Kier molecular flexibility index (Phi) is 8.77. The van der Waals surface area contributed by atoms with Gasteiger partial charge in [-0.3, -0.25) is 0 Å². The number of allylic oxidation sites excluding steroid dienone is 2. The normalized spacial score (nSPS) is 19.0. The van der Waals surface area contributed by atoms with Crippen molar-refractivity contribution in [1.82, 2.24) is 4.90 Å². The lowest BCUT2D eigenvalue weighted by atomic mass is 9.98. The molecule has 7 heteroatoms. The summed E-state index contributed by atoms with van der Waals surface area (Å²) in [6, 6.07) is 0. The van der Waals surface area contributed by atoms with Gasteiger partial charge in [-0.2, -0.15) is 0 Å². The minimum absolute atomic E-state index is 0.0951. The second-order valence-electron chi connectivity index (χ2n) is 11.0. The van der Waals surface area contributed by atoms with Crippen molar-refractivity contribution < 1.29 is 28.2 Å². The van der Waals surface area contributed by atoms with Crippen LogP contribution in [0.2, 0.25) is 0 Å². The third kappa shape index (κ3) is 9.22. The zero-order valence-corrected chi connectivity index (χ0v) is 21.3. The number of hydrogen-bond donors (Lipinski definition) is 0. The van der Waals surface area contributed by atoms with E-state index in [0.717, 1.165) is 31.3 Å². The minimum atomic E-state index is -0.715. The lowest BCUT2D eigenvalue weighted by molar-refractivity contribution is -0.149. The molecule has 6 nitrogen and oxygen atoms in total. The minimum Gasteiger partial charge on any atom is -0.494 e. The highest BCUT2D eigenvalue weighted by molar-refractivity contribution is 5.92. The molecule has 1 saturated carbocycles. The highest BCUT2D eigenvalue weighted by Crippen LogP contribution is 2.41. The first kappa shape index (κ1) is 26.9. The van der Waals surface area contributed by atoms with Gasteiger partial charge in [0, 0.05) is 13.1 Å². The van der Waals surface area contributed by atoms with Gasteiger partial charge in [0.2, 0.25) is 0 Å². The van der Waals surface area contributed by atoms with Gasteiger partial charge in [-0.15, -0.1) is 0 Å². The van der Waals surface area contributed by atoms with E-state index in [4.69, 9.17) is 14.2 Å². The molecule has 0 aromatic rings. The summed E-state index contributed by atoms with van der Waals surface area (Å²) in [5, 5.41) is 0. The maximum absolute atomic E-state index is 14.2. The average Bonchev–Trinajstić information content (AvgIpc) is 3.49. The lowest BCUT2D eigenvalue weighted by Gasteiger charge is -2.33. The SMILES string of the molecule is C=C(OCC1CCN(C(=O)OC(C)(C)C)CC1)/C(=C\C(C(=O)OC(C)(C)C)=C(/C)F)C1CC1. The first-order valence-corrected chi connectivity index (χ1v) is 11.8. The van der Waals surface area contributed by atoms with Gasteiger partial charge in [0.05, 0.1) is 12.2 Å². The largest absolute Gasteiger partial charge is 0.494 e. The van der Waals surface area contributed by atoms with Crippen LogP contribution >= 0.6 is 0 Å². The molecule has 0 N–H and O–H groups in total. The maximum atomic E-state index is 14.2. The summed E-state index contributed by atoms with van der Waals surface area (Å²) in [7, 11) is 0. The van der Waals surface area contributed by atoms with E-state index in [9.17, 15) is 14.0 Å². The smallest absolute Gasteiger partial charge is 0.410 e. The Morgan fingerprint density at radius 3 is 2.00 bits per heavy atom. The number of rotatable bonds is 7. The van der Waals surface area contributed by atoms with Gasteiger partial charge in [-0.25, -0.2) is 14.0 Å². The Hall–Kier alpha value is -2.31. The van der Waals surface area contributed by atoms with Crippen molar-refractivity contribution >= 4 is 12.1 Å². The first-order chi connectivity index (χ1) is 15.2. The number of halogens is 1. The van der Waals surface area contributed by atoms with E-state index in [0.29, 0.717) is 25.5 Å². The van der Waals surface area contributed by atoms with E-state index < -0.39 is 23.0 Å². The molecular weight excluding hydrogens is 425 g/mol. The fraction of sp³-hybridized carbons (Fsp3) is 0.692. The molecule has 2 rings (SSSR count). The summed E-state index contributed by atoms with van der Waals surface area (Å²) in [5.74, 6) is -0.324. The van der Waals surface area contributed by atoms with Crippen molar-refractivity contribution in [3.8, 4) is 0 Å². The number of hydrogen-bond acceptors (Lipinski definition) is 5. The van der Waals surface area contributed by atoms with Crippen molar-refractivity contribution in [2.24, 2.45) is 11.8 Å². The molecule has 0 atom stereocenters. The van der Waals surface area contributed by atoms with Crippen LogP contribution in [-0.4, -0.2) is 47.9 Å². The van der Waals surface area contributed by atoms with Crippen LogP contribution in [0, 0.1) is 11.8 Å². The standard InChI is InChI=1S/C26H40FNO5/c1-17(27)21(23(29)32-25(3,4)5)15-22(20-9-10-20)18(2)31-16-19-11-13-28(14-12-19)24(30)33-26(6,7)8/h15,19-20H,2,9-14,16H2,1,3-8H3/b21-17-,22-15+. The molecule has 2 aliphatic rings. The average molecular weight is 466 g/mol. The van der Waals surface area contributed by atoms with Crippen LogP contribution in [-0.2, 0) is 19.0 Å². The number of amides is 1. The van der Waals surface area contributed by atoms with Gasteiger partial charge in [0.25, 0.3) is 0 Å². The van der Waals surface area contributed by atoms with E-state index in [1.807, 2.05) is 20.8 Å². The lowest BCUT2D eigenvalue weighted by Crippen LogP contribution is -2.42. The molecule has 2 fully saturated rings. The monoisotopic (exact) mass is 465 g/mol. The van der Waals surface area contributed by atoms with Crippen LogP contribution < -0.4 is 0 Å². The summed E-state index contributed by atoms with van der Waals surface area (Å²) in [6.07, 6.45) is 4.77. The Labute approximate surface area is 197 Å². The molecule has 0 unspecified atom stereocenters. The number of carbonyl (C=O) groups excluding carboxylic acids is 2. The zero-order valence-electron chi connectivity index (χ0n) is 21.3. The van der Waals surface area contributed by atoms with E-state index >= 15 is 0 Å².